The van der Waals surface area contributed by atoms with Gasteiger partial charge in [0.1, 0.15) is 11.8 Å². The monoisotopic (exact) mass is 529 g/mol. The maximum atomic E-state index is 13.4. The largest absolute Gasteiger partial charge is 0.497 e. The Balaban J connectivity index is 1.72. The number of rotatable bonds is 12. The molecule has 0 spiro atoms. The zero-order chi connectivity index (χ0) is 27.0. The molecule has 0 aromatic heterocycles. The number of sulfonamides is 1. The van der Waals surface area contributed by atoms with Gasteiger partial charge in [0, 0.05) is 25.6 Å². The van der Waals surface area contributed by atoms with Gasteiger partial charge in [0.2, 0.25) is 21.8 Å². The van der Waals surface area contributed by atoms with Crippen molar-refractivity contribution in [1.29, 1.82) is 0 Å². The normalized spacial score (nSPS) is 14.7. The van der Waals surface area contributed by atoms with Crippen LogP contribution in [0.15, 0.2) is 48.5 Å². The number of amides is 2. The van der Waals surface area contributed by atoms with Gasteiger partial charge in [-0.05, 0) is 62.4 Å². The number of carbonyl (C=O) groups is 2. The molecule has 1 saturated carbocycles. The van der Waals surface area contributed by atoms with Crippen molar-refractivity contribution >= 4 is 27.5 Å². The molecule has 2 amide bonds. The summed E-state index contributed by atoms with van der Waals surface area (Å²) in [5.41, 5.74) is 2.33. The van der Waals surface area contributed by atoms with Crippen LogP contribution < -0.4 is 14.4 Å². The Morgan fingerprint density at radius 1 is 1.08 bits per heavy atom. The fourth-order valence-electron chi connectivity index (χ4n) is 4.73. The SMILES string of the molecule is COc1ccc(CN(C(=O)CCCN(c2ccccc2C)S(C)(=O)=O)C(C)C(=O)NC2CCCC2)cc1. The van der Waals surface area contributed by atoms with Gasteiger partial charge in [0.25, 0.3) is 0 Å². The molecule has 0 bridgehead atoms. The van der Waals surface area contributed by atoms with Crippen molar-refractivity contribution in [2.75, 3.05) is 24.2 Å². The summed E-state index contributed by atoms with van der Waals surface area (Å²) in [4.78, 5) is 28.1. The number of aryl methyl sites for hydroxylation is 1. The lowest BCUT2D eigenvalue weighted by Crippen LogP contribution is -2.49. The van der Waals surface area contributed by atoms with Crippen LogP contribution in [0.1, 0.15) is 56.6 Å². The van der Waals surface area contributed by atoms with Crippen molar-refractivity contribution in [3.05, 3.63) is 59.7 Å². The van der Waals surface area contributed by atoms with Gasteiger partial charge in [-0.1, -0.05) is 43.2 Å². The first-order valence-electron chi connectivity index (χ1n) is 12.9. The van der Waals surface area contributed by atoms with E-state index in [1.807, 2.05) is 43.3 Å². The molecule has 1 N–H and O–H groups in total. The van der Waals surface area contributed by atoms with Crippen LogP contribution >= 0.6 is 0 Å². The summed E-state index contributed by atoms with van der Waals surface area (Å²) in [5.74, 6) is 0.361. The van der Waals surface area contributed by atoms with Gasteiger partial charge in [0.15, 0.2) is 0 Å². The molecule has 0 radical (unpaired) electrons. The third-order valence-electron chi connectivity index (χ3n) is 6.92. The second-order valence-electron chi connectivity index (χ2n) is 9.76. The van der Waals surface area contributed by atoms with E-state index < -0.39 is 16.1 Å². The first-order chi connectivity index (χ1) is 17.6. The van der Waals surface area contributed by atoms with E-state index >= 15 is 0 Å². The molecule has 2 aromatic carbocycles. The Labute approximate surface area is 221 Å². The number of carbonyl (C=O) groups excluding carboxylic acids is 2. The van der Waals surface area contributed by atoms with Crippen LogP contribution in [0.25, 0.3) is 0 Å². The van der Waals surface area contributed by atoms with Gasteiger partial charge in [-0.25, -0.2) is 8.42 Å². The van der Waals surface area contributed by atoms with Gasteiger partial charge in [-0.3, -0.25) is 13.9 Å². The highest BCUT2D eigenvalue weighted by Crippen LogP contribution is 2.23. The van der Waals surface area contributed by atoms with E-state index in [4.69, 9.17) is 4.74 Å². The summed E-state index contributed by atoms with van der Waals surface area (Å²) in [7, 11) is -1.93. The number of para-hydroxylation sites is 1. The van der Waals surface area contributed by atoms with E-state index in [9.17, 15) is 18.0 Å². The minimum atomic E-state index is -3.52. The molecule has 0 heterocycles. The average molecular weight is 530 g/mol. The molecular weight excluding hydrogens is 490 g/mol. The zero-order valence-corrected chi connectivity index (χ0v) is 23.1. The number of methoxy groups -OCH3 is 1. The zero-order valence-electron chi connectivity index (χ0n) is 22.3. The van der Waals surface area contributed by atoms with Gasteiger partial charge < -0.3 is 15.0 Å². The lowest BCUT2D eigenvalue weighted by molar-refractivity contribution is -0.141. The third kappa shape index (κ3) is 7.95. The van der Waals surface area contributed by atoms with Gasteiger partial charge in [-0.2, -0.15) is 0 Å². The number of ether oxygens (including phenoxy) is 1. The Morgan fingerprint density at radius 3 is 2.32 bits per heavy atom. The Kier molecular flexibility index (Phi) is 9.97. The molecule has 9 heteroatoms. The Bertz CT molecular complexity index is 1160. The smallest absolute Gasteiger partial charge is 0.242 e. The molecule has 37 heavy (non-hydrogen) atoms. The van der Waals surface area contributed by atoms with Crippen molar-refractivity contribution < 1.29 is 22.7 Å². The molecule has 2 aromatic rings. The summed E-state index contributed by atoms with van der Waals surface area (Å²) < 4.78 is 31.6. The van der Waals surface area contributed by atoms with Crippen LogP contribution in [0.2, 0.25) is 0 Å². The molecule has 1 aliphatic carbocycles. The molecule has 8 nitrogen and oxygen atoms in total. The van der Waals surface area contributed by atoms with Crippen molar-refractivity contribution in [1.82, 2.24) is 10.2 Å². The second-order valence-corrected chi connectivity index (χ2v) is 11.7. The highest BCUT2D eigenvalue weighted by atomic mass is 32.2. The number of anilines is 1. The summed E-state index contributed by atoms with van der Waals surface area (Å²) in [6, 6.07) is 14.2. The van der Waals surface area contributed by atoms with Crippen LogP contribution in [-0.2, 0) is 26.2 Å². The van der Waals surface area contributed by atoms with E-state index in [0.717, 1.165) is 36.8 Å². The highest BCUT2D eigenvalue weighted by molar-refractivity contribution is 7.92. The van der Waals surface area contributed by atoms with E-state index in [1.54, 1.807) is 31.1 Å². The van der Waals surface area contributed by atoms with Crippen LogP contribution in [0.3, 0.4) is 0 Å². The molecule has 0 saturated heterocycles. The second kappa shape index (κ2) is 12.9. The average Bonchev–Trinajstić information content (AvgIpc) is 3.38. The maximum Gasteiger partial charge on any atom is 0.242 e. The standard InChI is InChI=1S/C28H39N3O5S/c1-21-10-5-8-13-26(21)31(37(4,34)35)19-9-14-27(32)30(20-23-15-17-25(36-3)18-16-23)22(2)28(33)29-24-11-6-7-12-24/h5,8,10,13,15-18,22,24H,6-7,9,11-12,14,19-20H2,1-4H3,(H,29,33). The quantitative estimate of drug-likeness (QED) is 0.448. The van der Waals surface area contributed by atoms with E-state index in [1.165, 1.54) is 10.6 Å². The third-order valence-corrected chi connectivity index (χ3v) is 8.10. The predicted octanol–water partition coefficient (Wildman–Crippen LogP) is 4.03. The van der Waals surface area contributed by atoms with Gasteiger partial charge >= 0.3 is 0 Å². The molecule has 1 unspecified atom stereocenters. The van der Waals surface area contributed by atoms with Crippen molar-refractivity contribution in [2.24, 2.45) is 0 Å². The Morgan fingerprint density at radius 2 is 1.73 bits per heavy atom. The van der Waals surface area contributed by atoms with E-state index in [0.29, 0.717) is 17.9 Å². The van der Waals surface area contributed by atoms with Crippen molar-refractivity contribution in [3.8, 4) is 5.75 Å². The lowest BCUT2D eigenvalue weighted by Gasteiger charge is -2.30. The van der Waals surface area contributed by atoms with Gasteiger partial charge in [0.05, 0.1) is 19.1 Å². The fraction of sp³-hybridized carbons (Fsp3) is 0.500. The van der Waals surface area contributed by atoms with Crippen LogP contribution in [0.4, 0.5) is 5.69 Å². The predicted molar refractivity (Wildman–Crippen MR) is 146 cm³/mol. The lowest BCUT2D eigenvalue weighted by atomic mass is 10.1. The van der Waals surface area contributed by atoms with E-state index in [-0.39, 0.29) is 37.4 Å². The van der Waals surface area contributed by atoms with Gasteiger partial charge in [-0.15, -0.1) is 0 Å². The van der Waals surface area contributed by atoms with Crippen LogP contribution in [0, 0.1) is 6.92 Å². The minimum absolute atomic E-state index is 0.120. The topological polar surface area (TPSA) is 96.0 Å². The molecule has 3 rings (SSSR count). The molecule has 1 atom stereocenters. The minimum Gasteiger partial charge on any atom is -0.497 e. The first-order valence-corrected chi connectivity index (χ1v) is 14.7. The summed E-state index contributed by atoms with van der Waals surface area (Å²) in [6.45, 7) is 4.06. The molecular formula is C28H39N3O5S. The first kappa shape index (κ1) is 28.5. The summed E-state index contributed by atoms with van der Waals surface area (Å²) >= 11 is 0. The van der Waals surface area contributed by atoms with Crippen molar-refractivity contribution in [3.63, 3.8) is 0 Å². The number of benzene rings is 2. The number of nitrogens with one attached hydrogen (secondary N) is 1. The molecule has 1 fully saturated rings. The number of hydrogen-bond acceptors (Lipinski definition) is 5. The number of hydrogen-bond donors (Lipinski definition) is 1. The fourth-order valence-corrected chi connectivity index (χ4v) is 5.75. The summed E-state index contributed by atoms with van der Waals surface area (Å²) in [6.07, 6.45) is 5.76. The van der Waals surface area contributed by atoms with E-state index in [2.05, 4.69) is 5.32 Å². The Hall–Kier alpha value is -3.07. The maximum absolute atomic E-state index is 13.4. The summed E-state index contributed by atoms with van der Waals surface area (Å²) in [5, 5.41) is 3.10. The molecule has 1 aliphatic rings. The van der Waals surface area contributed by atoms with Crippen molar-refractivity contribution in [2.45, 2.75) is 71.0 Å². The molecule has 202 valence electrons. The molecule has 0 aliphatic heterocycles. The number of nitrogens with zero attached hydrogens (tertiary/aromatic N) is 2. The highest BCUT2D eigenvalue weighted by Gasteiger charge is 2.29. The van der Waals surface area contributed by atoms with Crippen LogP contribution in [0.5, 0.6) is 5.75 Å². The van der Waals surface area contributed by atoms with Crippen LogP contribution in [-0.4, -0.2) is 57.1 Å².